The van der Waals surface area contributed by atoms with Crippen LogP contribution in [-0.4, -0.2) is 3.21 Å². The smallest absolute Gasteiger partial charge is 1.00 e. The molecule has 0 radical (unpaired) electrons. The Bertz CT molecular complexity index is 2020. The maximum absolute atomic E-state index is 12.5. The van der Waals surface area contributed by atoms with E-state index >= 15 is 0 Å². The number of allylic oxidation sites excluding steroid dienone is 4. The Balaban J connectivity index is 0.000000302. The van der Waals surface area contributed by atoms with E-state index in [4.69, 9.17) is 0 Å². The second kappa shape index (κ2) is 19.5. The summed E-state index contributed by atoms with van der Waals surface area (Å²) in [5.74, 6) is 0.587. The van der Waals surface area contributed by atoms with Crippen molar-refractivity contribution in [3.8, 4) is 0 Å². The second-order valence-corrected chi connectivity index (χ2v) is 18.6. The molecule has 0 aliphatic heterocycles. The van der Waals surface area contributed by atoms with Gasteiger partial charge in [0.25, 0.3) is 0 Å². The predicted octanol–water partition coefficient (Wildman–Crippen LogP) is 8.90. The average molecular weight is 905 g/mol. The van der Waals surface area contributed by atoms with Gasteiger partial charge in [0, 0.05) is 0 Å². The minimum atomic E-state index is -4.41. The Kier molecular flexibility index (Phi) is 17.2. The minimum absolute atomic E-state index is 0. The quantitative estimate of drug-likeness (QED) is 0.125. The fourth-order valence-corrected chi connectivity index (χ4v) is 7.02. The Morgan fingerprint density at radius 1 is 0.579 bits per heavy atom. The summed E-state index contributed by atoms with van der Waals surface area (Å²) >= 11 is 0.898. The third kappa shape index (κ3) is 13.6. The molecule has 0 spiro atoms. The summed E-state index contributed by atoms with van der Waals surface area (Å²) in [4.78, 5) is 0. The molecule has 0 bridgehead atoms. The number of alkyl halides is 6. The maximum Gasteiger partial charge on any atom is -1.00 e. The SMILES string of the molecule is CC(C)(C)c1ccc2[cH-]c3ccc(C(C)(C)C)cc3c2c1.CCCC1[C-]=CC(C(C)(C)C)=C1.FC(F)(F)c1ccc([C](=[Zr+2])c2ccc(C(F)(F)F)cc2)cc1.[Cl-].[Cl-]. The molecule has 9 heteroatoms. The van der Waals surface area contributed by atoms with Crippen molar-refractivity contribution in [1.29, 1.82) is 0 Å². The first-order valence-electron chi connectivity index (χ1n) is 18.7. The van der Waals surface area contributed by atoms with Crippen molar-refractivity contribution in [2.24, 2.45) is 11.3 Å². The van der Waals surface area contributed by atoms with Gasteiger partial charge in [0.15, 0.2) is 0 Å². The van der Waals surface area contributed by atoms with Crippen molar-refractivity contribution < 1.29 is 75.4 Å². The summed E-state index contributed by atoms with van der Waals surface area (Å²) in [6, 6.07) is 25.3. The van der Waals surface area contributed by atoms with Crippen molar-refractivity contribution in [1.82, 2.24) is 0 Å². The van der Waals surface area contributed by atoms with E-state index in [1.165, 1.54) is 75.4 Å². The standard InChI is InChI=1S/C21H25.C15H8F6.C12H19.2ClH.Zr/c1-20(2,3)16-9-7-14-11-15-8-10-17(21(4,5)6)13-19(15)18(14)12-16;16-14(17,18)12-5-1-10(2-6-12)9-11-3-7-13(8-4-11)15(19,20)21;1-5-6-10-7-8-11(9-10)12(2,3)4;;;/h7-13H,1-6H3;1-8H;8-10H,5-6H2,1-4H3;2*1H;/q-1;;-1;;;+2/p-2. The molecule has 1 unspecified atom stereocenters. The summed E-state index contributed by atoms with van der Waals surface area (Å²) in [5, 5.41) is 5.49. The van der Waals surface area contributed by atoms with E-state index < -0.39 is 23.5 Å². The number of rotatable bonds is 4. The van der Waals surface area contributed by atoms with Crippen LogP contribution in [0.1, 0.15) is 115 Å². The normalized spacial score (nSPS) is 14.5. The van der Waals surface area contributed by atoms with Gasteiger partial charge in [0.1, 0.15) is 0 Å². The van der Waals surface area contributed by atoms with Gasteiger partial charge < -0.3 is 24.8 Å². The Morgan fingerprint density at radius 2 is 0.947 bits per heavy atom. The molecule has 5 aromatic carbocycles. The summed E-state index contributed by atoms with van der Waals surface area (Å²) in [7, 11) is 0. The molecule has 0 fully saturated rings. The van der Waals surface area contributed by atoms with Crippen molar-refractivity contribution in [2.45, 2.75) is 105 Å². The number of hydrogen-bond acceptors (Lipinski definition) is 0. The van der Waals surface area contributed by atoms with E-state index in [1.54, 1.807) is 0 Å². The Hall–Kier alpha value is -2.86. The maximum atomic E-state index is 12.5. The monoisotopic (exact) mass is 902 g/mol. The minimum Gasteiger partial charge on any atom is -1.00 e. The molecule has 57 heavy (non-hydrogen) atoms. The van der Waals surface area contributed by atoms with Crippen LogP contribution in [0.3, 0.4) is 0 Å². The van der Waals surface area contributed by atoms with Gasteiger partial charge in [-0.15, -0.1) is 39.7 Å². The molecule has 0 nitrogen and oxygen atoms in total. The summed E-state index contributed by atoms with van der Waals surface area (Å²) < 4.78 is 75.6. The van der Waals surface area contributed by atoms with Gasteiger partial charge >= 0.3 is 137 Å². The second-order valence-electron chi connectivity index (χ2n) is 17.4. The van der Waals surface area contributed by atoms with Gasteiger partial charge in [0.2, 0.25) is 0 Å². The molecule has 0 amide bonds. The van der Waals surface area contributed by atoms with E-state index in [0.717, 1.165) is 48.5 Å². The molecule has 1 aliphatic carbocycles. The summed E-state index contributed by atoms with van der Waals surface area (Å²) in [6.45, 7) is 22.7. The molecule has 306 valence electrons. The van der Waals surface area contributed by atoms with E-state index in [9.17, 15) is 26.3 Å². The zero-order chi connectivity index (χ0) is 41.1. The van der Waals surface area contributed by atoms with E-state index in [2.05, 4.69) is 130 Å². The van der Waals surface area contributed by atoms with Gasteiger partial charge in [-0.3, -0.25) is 6.08 Å². The van der Waals surface area contributed by atoms with Crippen molar-refractivity contribution in [3.63, 3.8) is 0 Å². The van der Waals surface area contributed by atoms with Crippen molar-refractivity contribution >= 4 is 24.8 Å². The van der Waals surface area contributed by atoms with Crippen molar-refractivity contribution in [2.75, 3.05) is 0 Å². The van der Waals surface area contributed by atoms with Gasteiger partial charge in [-0.2, -0.15) is 11.6 Å². The molecule has 0 aromatic heterocycles. The Morgan fingerprint density at radius 3 is 1.25 bits per heavy atom. The average Bonchev–Trinajstić information content (AvgIpc) is 3.72. The number of benzene rings is 4. The molecule has 6 rings (SSSR count). The molecule has 0 saturated heterocycles. The van der Waals surface area contributed by atoms with E-state index in [-0.39, 0.29) is 35.6 Å². The summed E-state index contributed by atoms with van der Waals surface area (Å²) in [6.07, 6.45) is 1.61. The van der Waals surface area contributed by atoms with E-state index in [0.29, 0.717) is 25.7 Å². The van der Waals surface area contributed by atoms with Crippen LogP contribution in [0.2, 0.25) is 0 Å². The first kappa shape index (κ1) is 50.3. The van der Waals surface area contributed by atoms with Crippen LogP contribution in [0.4, 0.5) is 26.3 Å². The first-order chi connectivity index (χ1) is 25.3. The molecule has 1 aliphatic rings. The van der Waals surface area contributed by atoms with Gasteiger partial charge in [-0.05, 0) is 10.8 Å². The molecular weight excluding hydrogens is 853 g/mol. The fourth-order valence-electron chi connectivity index (χ4n) is 6.20. The largest absolute Gasteiger partial charge is 1.00 e. The molecular formula is C48H52Cl2F6Zr-2. The third-order valence-corrected chi connectivity index (χ3v) is 11.2. The van der Waals surface area contributed by atoms with Crippen LogP contribution in [0, 0.1) is 17.4 Å². The van der Waals surface area contributed by atoms with E-state index in [1.807, 2.05) is 0 Å². The molecule has 0 saturated carbocycles. The first-order valence-corrected chi connectivity index (χ1v) is 19.9. The third-order valence-electron chi connectivity index (χ3n) is 9.74. The number of fused-ring (bicyclic) bond motifs is 3. The molecule has 0 heterocycles. The zero-order valence-corrected chi connectivity index (χ0v) is 38.3. The number of halogens is 8. The van der Waals surface area contributed by atoms with Crippen LogP contribution in [0.25, 0.3) is 21.5 Å². The topological polar surface area (TPSA) is 0 Å². The Labute approximate surface area is 362 Å². The molecule has 0 N–H and O–H groups in total. The molecule has 5 aromatic rings. The van der Waals surface area contributed by atoms with Crippen LogP contribution < -0.4 is 24.8 Å². The molecule has 1 atom stereocenters. The summed E-state index contributed by atoms with van der Waals surface area (Å²) in [5.41, 5.74) is 4.55. The fraction of sp³-hybridized carbons (Fsp3) is 0.375. The van der Waals surface area contributed by atoms with Crippen LogP contribution >= 0.6 is 0 Å². The van der Waals surface area contributed by atoms with Gasteiger partial charge in [0.05, 0.1) is 0 Å². The number of hydrogen-bond donors (Lipinski definition) is 0. The van der Waals surface area contributed by atoms with Crippen LogP contribution in [0.5, 0.6) is 0 Å². The zero-order valence-electron chi connectivity index (χ0n) is 34.3. The predicted molar refractivity (Wildman–Crippen MR) is 214 cm³/mol. The van der Waals surface area contributed by atoms with Crippen LogP contribution in [0.15, 0.2) is 109 Å². The van der Waals surface area contributed by atoms with Crippen LogP contribution in [-0.2, 0) is 47.4 Å². The van der Waals surface area contributed by atoms with Crippen molar-refractivity contribution in [3.05, 3.63) is 148 Å². The van der Waals surface area contributed by atoms with Gasteiger partial charge in [-0.25, -0.2) is 6.08 Å². The van der Waals surface area contributed by atoms with Gasteiger partial charge in [-0.1, -0.05) is 129 Å².